The summed E-state index contributed by atoms with van der Waals surface area (Å²) >= 11 is 0. The highest BCUT2D eigenvalue weighted by Gasteiger charge is 2.28. The molecule has 1 aliphatic rings. The van der Waals surface area contributed by atoms with Crippen LogP contribution in [0.3, 0.4) is 0 Å². The molecule has 0 saturated carbocycles. The molecule has 2 atom stereocenters. The molecule has 1 aliphatic heterocycles. The summed E-state index contributed by atoms with van der Waals surface area (Å²) in [5, 5.41) is 0. The molecule has 0 radical (unpaired) electrons. The summed E-state index contributed by atoms with van der Waals surface area (Å²) in [5.41, 5.74) is 5.62. The van der Waals surface area contributed by atoms with Crippen LogP contribution in [0.4, 0.5) is 20.2 Å². The van der Waals surface area contributed by atoms with Crippen molar-refractivity contribution < 1.29 is 8.78 Å². The monoisotopic (exact) mass is 240 g/mol. The minimum Gasteiger partial charge on any atom is -0.399 e. The zero-order chi connectivity index (χ0) is 12.6. The van der Waals surface area contributed by atoms with Crippen molar-refractivity contribution in [3.05, 3.63) is 23.8 Å². The molecule has 0 bridgehead atoms. The summed E-state index contributed by atoms with van der Waals surface area (Å²) in [6.07, 6.45) is 2.07. The Bertz CT molecular complexity index is 397. The maximum Gasteiger partial charge on any atom is 0.151 e. The van der Waals surface area contributed by atoms with Gasteiger partial charge in [-0.1, -0.05) is 6.92 Å². The third-order valence-electron chi connectivity index (χ3n) is 3.70. The number of nitrogens with zero attached hydrogens (tertiary/aromatic N) is 1. The van der Waals surface area contributed by atoms with Crippen molar-refractivity contribution in [1.82, 2.24) is 0 Å². The highest BCUT2D eigenvalue weighted by Crippen LogP contribution is 2.33. The number of hydrogen-bond acceptors (Lipinski definition) is 2. The van der Waals surface area contributed by atoms with Crippen LogP contribution >= 0.6 is 0 Å². The normalized spacial score (nSPS) is 25.1. The molecule has 1 heterocycles. The molecule has 2 nitrogen and oxygen atoms in total. The Hall–Kier alpha value is -1.32. The van der Waals surface area contributed by atoms with Gasteiger partial charge in [0.05, 0.1) is 0 Å². The van der Waals surface area contributed by atoms with Gasteiger partial charge in [-0.15, -0.1) is 0 Å². The van der Waals surface area contributed by atoms with E-state index in [-0.39, 0.29) is 17.4 Å². The van der Waals surface area contributed by atoms with E-state index in [1.54, 1.807) is 0 Å². The van der Waals surface area contributed by atoms with Crippen LogP contribution in [0.1, 0.15) is 26.7 Å². The minimum atomic E-state index is -0.566. The highest BCUT2D eigenvalue weighted by atomic mass is 19.1. The molecule has 1 aromatic carbocycles. The zero-order valence-corrected chi connectivity index (χ0v) is 10.2. The smallest absolute Gasteiger partial charge is 0.151 e. The fraction of sp³-hybridized carbons (Fsp3) is 0.538. The first-order chi connectivity index (χ1) is 8.00. The fourth-order valence-corrected chi connectivity index (χ4v) is 2.51. The van der Waals surface area contributed by atoms with Gasteiger partial charge in [-0.25, -0.2) is 8.78 Å². The molecule has 0 aliphatic carbocycles. The molecule has 0 spiro atoms. The standard InChI is InChI=1S/C13H18F2N2/c1-8-4-3-5-17(9(8)2)13-11(14)6-10(16)7-12(13)15/h6-9H,3-5,16H2,1-2H3. The quantitative estimate of drug-likeness (QED) is 0.764. The van der Waals surface area contributed by atoms with Crippen molar-refractivity contribution in [2.45, 2.75) is 32.7 Å². The van der Waals surface area contributed by atoms with E-state index in [1.165, 1.54) is 12.1 Å². The molecule has 4 heteroatoms. The number of hydrogen-bond donors (Lipinski definition) is 1. The summed E-state index contributed by atoms with van der Waals surface area (Å²) in [6.45, 7) is 4.83. The van der Waals surface area contributed by atoms with E-state index in [4.69, 9.17) is 5.73 Å². The Morgan fingerprint density at radius 2 is 1.82 bits per heavy atom. The second kappa shape index (κ2) is 4.51. The Morgan fingerprint density at radius 1 is 1.24 bits per heavy atom. The van der Waals surface area contributed by atoms with Gasteiger partial charge in [-0.2, -0.15) is 0 Å². The molecule has 1 aromatic rings. The van der Waals surface area contributed by atoms with Crippen molar-refractivity contribution in [1.29, 1.82) is 0 Å². The first kappa shape index (κ1) is 12.1. The van der Waals surface area contributed by atoms with Gasteiger partial charge < -0.3 is 10.6 Å². The minimum absolute atomic E-state index is 0.0678. The van der Waals surface area contributed by atoms with Gasteiger partial charge >= 0.3 is 0 Å². The van der Waals surface area contributed by atoms with Gasteiger partial charge in [-0.05, 0) is 37.8 Å². The van der Waals surface area contributed by atoms with Gasteiger partial charge in [0.15, 0.2) is 11.6 Å². The molecule has 2 rings (SSSR count). The third-order valence-corrected chi connectivity index (χ3v) is 3.70. The largest absolute Gasteiger partial charge is 0.399 e. The van der Waals surface area contributed by atoms with Crippen LogP contribution < -0.4 is 10.6 Å². The van der Waals surface area contributed by atoms with Crippen molar-refractivity contribution in [2.75, 3.05) is 17.2 Å². The predicted octanol–water partition coefficient (Wildman–Crippen LogP) is 3.17. The van der Waals surface area contributed by atoms with Gasteiger partial charge in [0.1, 0.15) is 5.69 Å². The lowest BCUT2D eigenvalue weighted by Gasteiger charge is -2.39. The van der Waals surface area contributed by atoms with Gasteiger partial charge in [-0.3, -0.25) is 0 Å². The molecule has 2 N–H and O–H groups in total. The number of anilines is 2. The average molecular weight is 240 g/mol. The van der Waals surface area contributed by atoms with Crippen molar-refractivity contribution in [3.8, 4) is 0 Å². The number of nitrogens with two attached hydrogens (primary N) is 1. The van der Waals surface area contributed by atoms with E-state index in [9.17, 15) is 8.78 Å². The van der Waals surface area contributed by atoms with Gasteiger partial charge in [0.2, 0.25) is 0 Å². The number of rotatable bonds is 1. The van der Waals surface area contributed by atoms with Crippen LogP contribution in [0, 0.1) is 17.6 Å². The third kappa shape index (κ3) is 2.21. The Balaban J connectivity index is 2.39. The zero-order valence-electron chi connectivity index (χ0n) is 10.2. The van der Waals surface area contributed by atoms with E-state index in [0.29, 0.717) is 12.5 Å². The lowest BCUT2D eigenvalue weighted by atomic mass is 9.91. The van der Waals surface area contributed by atoms with Crippen LogP contribution in [0.15, 0.2) is 12.1 Å². The first-order valence-corrected chi connectivity index (χ1v) is 6.02. The number of piperidine rings is 1. The predicted molar refractivity (Wildman–Crippen MR) is 66.0 cm³/mol. The van der Waals surface area contributed by atoms with Crippen LogP contribution in [-0.4, -0.2) is 12.6 Å². The number of benzene rings is 1. The number of nitrogen functional groups attached to an aromatic ring is 1. The topological polar surface area (TPSA) is 29.3 Å². The SMILES string of the molecule is CC1CCCN(c2c(F)cc(N)cc2F)C1C. The van der Waals surface area contributed by atoms with E-state index in [1.807, 2.05) is 11.8 Å². The van der Waals surface area contributed by atoms with E-state index < -0.39 is 11.6 Å². The molecule has 1 saturated heterocycles. The molecule has 1 fully saturated rings. The van der Waals surface area contributed by atoms with Gasteiger partial charge in [0.25, 0.3) is 0 Å². The lowest BCUT2D eigenvalue weighted by Crippen LogP contribution is -2.43. The van der Waals surface area contributed by atoms with Crippen LogP contribution in [0.25, 0.3) is 0 Å². The van der Waals surface area contributed by atoms with Crippen molar-refractivity contribution in [2.24, 2.45) is 5.92 Å². The molecule has 94 valence electrons. The summed E-state index contributed by atoms with van der Waals surface area (Å²) in [5.74, 6) is -0.688. The van der Waals surface area contributed by atoms with Crippen LogP contribution in [0.2, 0.25) is 0 Å². The van der Waals surface area contributed by atoms with Crippen molar-refractivity contribution >= 4 is 11.4 Å². The van der Waals surface area contributed by atoms with Crippen LogP contribution in [0.5, 0.6) is 0 Å². The molecular formula is C13H18F2N2. The van der Waals surface area contributed by atoms with E-state index in [2.05, 4.69) is 6.92 Å². The van der Waals surface area contributed by atoms with Gasteiger partial charge in [0, 0.05) is 18.3 Å². The molecule has 17 heavy (non-hydrogen) atoms. The Morgan fingerprint density at radius 3 is 2.41 bits per heavy atom. The first-order valence-electron chi connectivity index (χ1n) is 6.02. The summed E-state index contributed by atoms with van der Waals surface area (Å²) in [7, 11) is 0. The Labute approximate surface area is 100 Å². The number of halogens is 2. The maximum absolute atomic E-state index is 13.8. The second-order valence-corrected chi connectivity index (χ2v) is 4.89. The second-order valence-electron chi connectivity index (χ2n) is 4.89. The molecule has 0 amide bonds. The molecule has 2 unspecified atom stereocenters. The average Bonchev–Trinajstić information content (AvgIpc) is 2.23. The molecule has 0 aromatic heterocycles. The molecular weight excluding hydrogens is 222 g/mol. The van der Waals surface area contributed by atoms with E-state index in [0.717, 1.165) is 12.8 Å². The van der Waals surface area contributed by atoms with Crippen LogP contribution in [-0.2, 0) is 0 Å². The summed E-state index contributed by atoms with van der Waals surface area (Å²) < 4.78 is 27.7. The summed E-state index contributed by atoms with van der Waals surface area (Å²) in [4.78, 5) is 1.82. The maximum atomic E-state index is 13.8. The van der Waals surface area contributed by atoms with E-state index >= 15 is 0 Å². The fourth-order valence-electron chi connectivity index (χ4n) is 2.51. The summed E-state index contributed by atoms with van der Waals surface area (Å²) in [6, 6.07) is 2.52. The Kier molecular flexibility index (Phi) is 3.22. The lowest BCUT2D eigenvalue weighted by molar-refractivity contribution is 0.357. The highest BCUT2D eigenvalue weighted by molar-refractivity contribution is 5.56. The van der Waals surface area contributed by atoms with Crippen molar-refractivity contribution in [3.63, 3.8) is 0 Å².